The Kier molecular flexibility index (Phi) is 5.55. The Bertz CT molecular complexity index is 641. The molecule has 2 aliphatic heterocycles. The van der Waals surface area contributed by atoms with Gasteiger partial charge in [0.05, 0.1) is 19.7 Å². The van der Waals surface area contributed by atoms with Crippen LogP contribution in [-0.2, 0) is 22.6 Å². The number of likely N-dealkylation sites (N-methyl/N-ethyl adjacent to an activating group) is 1. The molecule has 136 valence electrons. The van der Waals surface area contributed by atoms with Crippen LogP contribution >= 0.6 is 0 Å². The topological polar surface area (TPSA) is 73.3 Å². The molecule has 2 heterocycles. The molecule has 1 aromatic carbocycles. The van der Waals surface area contributed by atoms with Crippen molar-refractivity contribution in [1.29, 1.82) is 0 Å². The number of carbonyl (C=O) groups excluding carboxylic acids is 1. The van der Waals surface area contributed by atoms with Crippen molar-refractivity contribution in [3.63, 3.8) is 0 Å². The fourth-order valence-corrected chi connectivity index (χ4v) is 3.37. The summed E-state index contributed by atoms with van der Waals surface area (Å²) in [5.41, 5.74) is 2.57. The molecular weight excluding hydrogens is 322 g/mol. The molecule has 0 aromatic heterocycles. The molecule has 0 radical (unpaired) electrons. The number of piperazine rings is 1. The van der Waals surface area contributed by atoms with Crippen LogP contribution in [0.15, 0.2) is 18.2 Å². The monoisotopic (exact) mass is 347 g/mol. The summed E-state index contributed by atoms with van der Waals surface area (Å²) in [5.74, 6) is 0.0857. The average molecular weight is 347 g/mol. The minimum absolute atomic E-state index is 0.00178. The Labute approximate surface area is 147 Å². The quantitative estimate of drug-likeness (QED) is 0.797. The highest BCUT2D eigenvalue weighted by Crippen LogP contribution is 2.26. The number of aliphatic carboxylic acids is 1. The number of rotatable bonds is 6. The number of ether oxygens (including phenoxy) is 1. The second-order valence-electron chi connectivity index (χ2n) is 6.76. The van der Waals surface area contributed by atoms with Gasteiger partial charge in [0, 0.05) is 39.1 Å². The number of fused-ring (bicyclic) bond motifs is 1. The van der Waals surface area contributed by atoms with Crippen LogP contribution in [0.5, 0.6) is 5.75 Å². The molecule has 0 aliphatic carbocycles. The number of carboxylic acid groups (broad SMARTS) is 1. The van der Waals surface area contributed by atoms with Crippen LogP contribution < -0.4 is 4.74 Å². The Morgan fingerprint density at radius 2 is 1.96 bits per heavy atom. The first-order valence-electron chi connectivity index (χ1n) is 8.66. The zero-order valence-corrected chi connectivity index (χ0v) is 14.6. The van der Waals surface area contributed by atoms with Gasteiger partial charge in [0.1, 0.15) is 5.75 Å². The zero-order valence-electron chi connectivity index (χ0n) is 14.6. The van der Waals surface area contributed by atoms with Crippen molar-refractivity contribution >= 4 is 11.9 Å². The van der Waals surface area contributed by atoms with Gasteiger partial charge in [0.25, 0.3) is 0 Å². The Hall–Kier alpha value is -2.12. The van der Waals surface area contributed by atoms with Crippen LogP contribution in [0.3, 0.4) is 0 Å². The maximum Gasteiger partial charge on any atom is 0.317 e. The molecule has 25 heavy (non-hydrogen) atoms. The van der Waals surface area contributed by atoms with Gasteiger partial charge < -0.3 is 14.7 Å². The number of benzene rings is 1. The number of nitrogens with zero attached hydrogens (tertiary/aromatic N) is 3. The van der Waals surface area contributed by atoms with E-state index in [-0.39, 0.29) is 19.0 Å². The fourth-order valence-electron chi connectivity index (χ4n) is 3.37. The van der Waals surface area contributed by atoms with Gasteiger partial charge in [-0.1, -0.05) is 12.1 Å². The van der Waals surface area contributed by atoms with Crippen LogP contribution in [0.25, 0.3) is 0 Å². The first kappa shape index (κ1) is 17.7. The SMILES string of the molecule is CN(CC(=O)O)CC(=O)N1CCN(Cc2ccc3c(c2)CCO3)CC1. The minimum atomic E-state index is -0.917. The van der Waals surface area contributed by atoms with E-state index in [1.807, 2.05) is 4.90 Å². The molecule has 0 unspecified atom stereocenters. The molecule has 1 fully saturated rings. The van der Waals surface area contributed by atoms with Gasteiger partial charge in [0.15, 0.2) is 0 Å². The molecule has 1 N–H and O–H groups in total. The molecule has 1 saturated heterocycles. The van der Waals surface area contributed by atoms with E-state index in [1.165, 1.54) is 16.0 Å². The summed E-state index contributed by atoms with van der Waals surface area (Å²) in [7, 11) is 1.65. The molecule has 0 bridgehead atoms. The van der Waals surface area contributed by atoms with E-state index in [1.54, 1.807) is 7.05 Å². The number of hydrogen-bond acceptors (Lipinski definition) is 5. The number of carboxylic acids is 1. The second-order valence-corrected chi connectivity index (χ2v) is 6.76. The highest BCUT2D eigenvalue weighted by atomic mass is 16.5. The fraction of sp³-hybridized carbons (Fsp3) is 0.556. The summed E-state index contributed by atoms with van der Waals surface area (Å²) >= 11 is 0. The zero-order chi connectivity index (χ0) is 17.8. The molecule has 1 amide bonds. The van der Waals surface area contributed by atoms with Gasteiger partial charge in [-0.05, 0) is 24.2 Å². The number of hydrogen-bond donors (Lipinski definition) is 1. The number of carbonyl (C=O) groups is 2. The Morgan fingerprint density at radius 1 is 1.20 bits per heavy atom. The summed E-state index contributed by atoms with van der Waals surface area (Å²) < 4.78 is 5.54. The van der Waals surface area contributed by atoms with E-state index in [9.17, 15) is 9.59 Å². The summed E-state index contributed by atoms with van der Waals surface area (Å²) in [6, 6.07) is 6.39. The van der Waals surface area contributed by atoms with E-state index in [4.69, 9.17) is 9.84 Å². The third-order valence-corrected chi connectivity index (χ3v) is 4.70. The van der Waals surface area contributed by atoms with Crippen molar-refractivity contribution in [2.75, 3.05) is 52.9 Å². The normalized spacial score (nSPS) is 17.4. The lowest BCUT2D eigenvalue weighted by atomic mass is 10.1. The first-order valence-corrected chi connectivity index (χ1v) is 8.66. The second kappa shape index (κ2) is 7.84. The molecule has 7 heteroatoms. The summed E-state index contributed by atoms with van der Waals surface area (Å²) in [4.78, 5) is 28.6. The van der Waals surface area contributed by atoms with Crippen molar-refractivity contribution in [3.8, 4) is 5.75 Å². The van der Waals surface area contributed by atoms with Crippen molar-refractivity contribution < 1.29 is 19.4 Å². The lowest BCUT2D eigenvalue weighted by Gasteiger charge is -2.35. The predicted molar refractivity (Wildman–Crippen MR) is 92.6 cm³/mol. The van der Waals surface area contributed by atoms with E-state index in [0.29, 0.717) is 13.1 Å². The van der Waals surface area contributed by atoms with E-state index in [2.05, 4.69) is 23.1 Å². The van der Waals surface area contributed by atoms with Crippen LogP contribution in [0, 0.1) is 0 Å². The van der Waals surface area contributed by atoms with E-state index in [0.717, 1.165) is 38.4 Å². The molecule has 0 spiro atoms. The summed E-state index contributed by atoms with van der Waals surface area (Å²) in [5, 5.41) is 8.76. The first-order chi connectivity index (χ1) is 12.0. The van der Waals surface area contributed by atoms with Crippen LogP contribution in [0.4, 0.5) is 0 Å². The highest BCUT2D eigenvalue weighted by molar-refractivity contribution is 5.79. The van der Waals surface area contributed by atoms with Gasteiger partial charge in [0.2, 0.25) is 5.91 Å². The van der Waals surface area contributed by atoms with Gasteiger partial charge in [-0.25, -0.2) is 0 Å². The molecule has 3 rings (SSSR count). The highest BCUT2D eigenvalue weighted by Gasteiger charge is 2.22. The minimum Gasteiger partial charge on any atom is -0.493 e. The summed E-state index contributed by atoms with van der Waals surface area (Å²) in [6.45, 7) is 4.74. The largest absolute Gasteiger partial charge is 0.493 e. The van der Waals surface area contributed by atoms with Crippen LogP contribution in [0.2, 0.25) is 0 Å². The molecule has 1 aromatic rings. The standard InChI is InChI=1S/C18H25N3O4/c1-19(13-18(23)24)12-17(22)21-7-5-20(6-8-21)11-14-2-3-16-15(10-14)4-9-25-16/h2-3,10H,4-9,11-13H2,1H3,(H,23,24). The molecule has 7 nitrogen and oxygen atoms in total. The number of amides is 1. The molecule has 0 atom stereocenters. The average Bonchev–Trinajstić information content (AvgIpc) is 3.02. The third kappa shape index (κ3) is 4.70. The smallest absolute Gasteiger partial charge is 0.317 e. The maximum absolute atomic E-state index is 12.2. The van der Waals surface area contributed by atoms with Crippen molar-refractivity contribution in [1.82, 2.24) is 14.7 Å². The van der Waals surface area contributed by atoms with Gasteiger partial charge in [-0.3, -0.25) is 19.4 Å². The van der Waals surface area contributed by atoms with Gasteiger partial charge in [-0.15, -0.1) is 0 Å². The molecular formula is C18H25N3O4. The summed E-state index contributed by atoms with van der Waals surface area (Å²) in [6.07, 6.45) is 0.981. The lowest BCUT2D eigenvalue weighted by molar-refractivity contribution is -0.139. The van der Waals surface area contributed by atoms with Crippen LogP contribution in [0.1, 0.15) is 11.1 Å². The Morgan fingerprint density at radius 3 is 2.68 bits per heavy atom. The Balaban J connectivity index is 1.45. The van der Waals surface area contributed by atoms with Crippen molar-refractivity contribution in [2.24, 2.45) is 0 Å². The van der Waals surface area contributed by atoms with Crippen LogP contribution in [-0.4, -0.2) is 84.6 Å². The van der Waals surface area contributed by atoms with E-state index >= 15 is 0 Å². The third-order valence-electron chi connectivity index (χ3n) is 4.70. The van der Waals surface area contributed by atoms with E-state index < -0.39 is 5.97 Å². The van der Waals surface area contributed by atoms with Crippen molar-refractivity contribution in [3.05, 3.63) is 29.3 Å². The van der Waals surface area contributed by atoms with Gasteiger partial charge >= 0.3 is 5.97 Å². The van der Waals surface area contributed by atoms with Gasteiger partial charge in [-0.2, -0.15) is 0 Å². The molecule has 2 aliphatic rings. The molecule has 0 saturated carbocycles. The maximum atomic E-state index is 12.2. The predicted octanol–water partition coefficient (Wildman–Crippen LogP) is 0.282. The lowest BCUT2D eigenvalue weighted by Crippen LogP contribution is -2.50. The van der Waals surface area contributed by atoms with Crippen molar-refractivity contribution in [2.45, 2.75) is 13.0 Å².